The van der Waals surface area contributed by atoms with Gasteiger partial charge in [0.15, 0.2) is 0 Å². The van der Waals surface area contributed by atoms with Crippen LogP contribution in [0.25, 0.3) is 0 Å². The molecule has 0 unspecified atom stereocenters. The van der Waals surface area contributed by atoms with E-state index in [1.807, 2.05) is 18.2 Å². The van der Waals surface area contributed by atoms with Crippen molar-refractivity contribution >= 4 is 11.7 Å². The van der Waals surface area contributed by atoms with Crippen LogP contribution in [-0.2, 0) is 19.5 Å². The lowest BCUT2D eigenvalue weighted by Gasteiger charge is -2.29. The van der Waals surface area contributed by atoms with Crippen molar-refractivity contribution in [2.75, 3.05) is 13.7 Å². The number of amides is 2. The molecule has 0 saturated heterocycles. The number of hydrogen-bond acceptors (Lipinski definition) is 4. The van der Waals surface area contributed by atoms with Crippen molar-refractivity contribution in [1.29, 1.82) is 0 Å². The maximum absolute atomic E-state index is 12.4. The third-order valence-electron chi connectivity index (χ3n) is 4.32. The van der Waals surface area contributed by atoms with Crippen molar-refractivity contribution in [3.8, 4) is 5.75 Å². The summed E-state index contributed by atoms with van der Waals surface area (Å²) in [6, 6.07) is 11.9. The van der Waals surface area contributed by atoms with Crippen molar-refractivity contribution < 1.29 is 14.5 Å². The summed E-state index contributed by atoms with van der Waals surface area (Å²) >= 11 is 0. The van der Waals surface area contributed by atoms with Crippen LogP contribution in [-0.4, -0.2) is 29.5 Å². The van der Waals surface area contributed by atoms with Gasteiger partial charge in [-0.2, -0.15) is 0 Å². The van der Waals surface area contributed by atoms with Crippen LogP contribution in [0.4, 0.5) is 10.5 Å². The number of methoxy groups -OCH3 is 1. The van der Waals surface area contributed by atoms with Gasteiger partial charge in [-0.25, -0.2) is 4.79 Å². The van der Waals surface area contributed by atoms with Gasteiger partial charge in [0.2, 0.25) is 0 Å². The number of carbonyl (C=O) groups excluding carboxylic acids is 1. The van der Waals surface area contributed by atoms with Crippen LogP contribution >= 0.6 is 0 Å². The van der Waals surface area contributed by atoms with Crippen molar-refractivity contribution in [1.82, 2.24) is 10.2 Å². The highest BCUT2D eigenvalue weighted by Gasteiger charge is 2.22. The molecule has 25 heavy (non-hydrogen) atoms. The predicted octanol–water partition coefficient (Wildman–Crippen LogP) is 2.87. The fourth-order valence-corrected chi connectivity index (χ4v) is 2.96. The molecule has 1 heterocycles. The van der Waals surface area contributed by atoms with Gasteiger partial charge < -0.3 is 15.0 Å². The summed E-state index contributed by atoms with van der Waals surface area (Å²) in [5.41, 5.74) is 3.11. The Kier molecular flexibility index (Phi) is 4.83. The first-order valence-electron chi connectivity index (χ1n) is 7.99. The number of nitrogens with one attached hydrogen (secondary N) is 1. The number of fused-ring (bicyclic) bond motifs is 1. The highest BCUT2D eigenvalue weighted by molar-refractivity contribution is 5.74. The van der Waals surface area contributed by atoms with E-state index in [9.17, 15) is 14.9 Å². The maximum atomic E-state index is 12.4. The molecule has 2 aromatic carbocycles. The fourth-order valence-electron chi connectivity index (χ4n) is 2.96. The Morgan fingerprint density at radius 3 is 2.72 bits per heavy atom. The topological polar surface area (TPSA) is 84.7 Å². The molecule has 1 aliphatic rings. The van der Waals surface area contributed by atoms with E-state index in [0.29, 0.717) is 19.6 Å². The van der Waals surface area contributed by atoms with Crippen LogP contribution in [0.5, 0.6) is 5.75 Å². The summed E-state index contributed by atoms with van der Waals surface area (Å²) in [4.78, 5) is 24.4. The number of nitro benzene ring substituents is 1. The van der Waals surface area contributed by atoms with Gasteiger partial charge in [-0.15, -0.1) is 0 Å². The second kappa shape index (κ2) is 7.21. The van der Waals surface area contributed by atoms with Gasteiger partial charge in [0.05, 0.1) is 12.0 Å². The molecular formula is C18H19N3O4. The standard InChI is InChI=1S/C18H19N3O4/c1-25-17-4-2-3-14-12-20(10-9-16(14)17)18(22)19-11-13-5-7-15(8-6-13)21(23)24/h2-8H,9-12H2,1H3,(H,19,22). The number of non-ortho nitro benzene ring substituents is 1. The molecule has 3 rings (SSSR count). The van der Waals surface area contributed by atoms with Gasteiger partial charge >= 0.3 is 6.03 Å². The minimum atomic E-state index is -0.443. The van der Waals surface area contributed by atoms with Crippen LogP contribution in [0.2, 0.25) is 0 Å². The number of rotatable bonds is 4. The number of hydrogen-bond donors (Lipinski definition) is 1. The second-order valence-corrected chi connectivity index (χ2v) is 5.85. The van der Waals surface area contributed by atoms with Gasteiger partial charge in [0.1, 0.15) is 5.75 Å². The van der Waals surface area contributed by atoms with Gasteiger partial charge in [-0.05, 0) is 23.6 Å². The Morgan fingerprint density at radius 1 is 1.28 bits per heavy atom. The molecule has 1 aliphatic heterocycles. The molecule has 0 aromatic heterocycles. The number of nitro groups is 1. The summed E-state index contributed by atoms with van der Waals surface area (Å²) < 4.78 is 5.37. The monoisotopic (exact) mass is 341 g/mol. The third-order valence-corrected chi connectivity index (χ3v) is 4.32. The Morgan fingerprint density at radius 2 is 2.04 bits per heavy atom. The van der Waals surface area contributed by atoms with Gasteiger partial charge in [-0.3, -0.25) is 10.1 Å². The quantitative estimate of drug-likeness (QED) is 0.684. The molecule has 130 valence electrons. The smallest absolute Gasteiger partial charge is 0.317 e. The fraction of sp³-hybridized carbons (Fsp3) is 0.278. The summed E-state index contributed by atoms with van der Waals surface area (Å²) in [6.45, 7) is 1.50. The van der Waals surface area contributed by atoms with Crippen molar-refractivity contribution in [3.05, 3.63) is 69.3 Å². The van der Waals surface area contributed by atoms with Crippen molar-refractivity contribution in [2.24, 2.45) is 0 Å². The van der Waals surface area contributed by atoms with Crippen LogP contribution in [0, 0.1) is 10.1 Å². The summed E-state index contributed by atoms with van der Waals surface area (Å²) in [6.07, 6.45) is 0.754. The molecule has 1 N–H and O–H groups in total. The average Bonchev–Trinajstić information content (AvgIpc) is 2.65. The normalized spacial score (nSPS) is 13.1. The maximum Gasteiger partial charge on any atom is 0.317 e. The minimum Gasteiger partial charge on any atom is -0.496 e. The minimum absolute atomic E-state index is 0.0386. The number of benzene rings is 2. The van der Waals surface area contributed by atoms with Crippen LogP contribution in [0.1, 0.15) is 16.7 Å². The first kappa shape index (κ1) is 16.8. The SMILES string of the molecule is COc1cccc2c1CCN(C(=O)NCc1ccc([N+](=O)[O-])cc1)C2. The van der Waals surface area contributed by atoms with E-state index in [2.05, 4.69) is 5.32 Å². The summed E-state index contributed by atoms with van der Waals surface area (Å²) in [7, 11) is 1.65. The molecule has 7 heteroatoms. The molecule has 0 spiro atoms. The molecule has 0 bridgehead atoms. The highest BCUT2D eigenvalue weighted by Crippen LogP contribution is 2.27. The molecule has 7 nitrogen and oxygen atoms in total. The molecular weight excluding hydrogens is 322 g/mol. The lowest BCUT2D eigenvalue weighted by Crippen LogP contribution is -2.42. The first-order chi connectivity index (χ1) is 12.1. The second-order valence-electron chi connectivity index (χ2n) is 5.85. The Bertz CT molecular complexity index is 789. The zero-order chi connectivity index (χ0) is 17.8. The van der Waals surface area contributed by atoms with E-state index < -0.39 is 4.92 Å². The van der Waals surface area contributed by atoms with E-state index in [4.69, 9.17) is 4.74 Å². The molecule has 2 amide bonds. The highest BCUT2D eigenvalue weighted by atomic mass is 16.6. The average molecular weight is 341 g/mol. The molecule has 0 fully saturated rings. The zero-order valence-electron chi connectivity index (χ0n) is 13.9. The van der Waals surface area contributed by atoms with Crippen LogP contribution in [0.15, 0.2) is 42.5 Å². The number of ether oxygens (including phenoxy) is 1. The third kappa shape index (κ3) is 3.71. The molecule has 2 aromatic rings. The van der Waals surface area contributed by atoms with E-state index in [1.165, 1.54) is 12.1 Å². The van der Waals surface area contributed by atoms with Crippen molar-refractivity contribution in [3.63, 3.8) is 0 Å². The predicted molar refractivity (Wildman–Crippen MR) is 92.4 cm³/mol. The number of urea groups is 1. The van der Waals surface area contributed by atoms with E-state index in [1.54, 1.807) is 24.1 Å². The Balaban J connectivity index is 1.59. The van der Waals surface area contributed by atoms with E-state index in [0.717, 1.165) is 28.9 Å². The van der Waals surface area contributed by atoms with Crippen molar-refractivity contribution in [2.45, 2.75) is 19.5 Å². The molecule has 0 atom stereocenters. The molecule has 0 aliphatic carbocycles. The van der Waals surface area contributed by atoms with Gasteiger partial charge in [-0.1, -0.05) is 24.3 Å². The largest absolute Gasteiger partial charge is 0.496 e. The number of carbonyl (C=O) groups is 1. The Hall–Kier alpha value is -3.09. The van der Waals surface area contributed by atoms with Gasteiger partial charge in [0.25, 0.3) is 5.69 Å². The van der Waals surface area contributed by atoms with Gasteiger partial charge in [0, 0.05) is 37.3 Å². The lowest BCUT2D eigenvalue weighted by molar-refractivity contribution is -0.384. The number of nitrogens with zero attached hydrogens (tertiary/aromatic N) is 2. The van der Waals surface area contributed by atoms with Crippen LogP contribution in [0.3, 0.4) is 0 Å². The molecule has 0 radical (unpaired) electrons. The Labute approximate surface area is 145 Å². The van der Waals surface area contributed by atoms with E-state index in [-0.39, 0.29) is 11.7 Å². The first-order valence-corrected chi connectivity index (χ1v) is 7.99. The summed E-state index contributed by atoms with van der Waals surface area (Å²) in [5, 5.41) is 13.5. The van der Waals surface area contributed by atoms with Crippen LogP contribution < -0.4 is 10.1 Å². The zero-order valence-corrected chi connectivity index (χ0v) is 13.9. The lowest BCUT2D eigenvalue weighted by atomic mass is 9.99. The van der Waals surface area contributed by atoms with E-state index >= 15 is 0 Å². The molecule has 0 saturated carbocycles. The summed E-state index contributed by atoms with van der Waals surface area (Å²) in [5.74, 6) is 0.864.